The van der Waals surface area contributed by atoms with E-state index in [9.17, 15) is 0 Å². The van der Waals surface area contributed by atoms with E-state index in [1.165, 1.54) is 17.7 Å². The quantitative estimate of drug-likeness (QED) is 0.246. The van der Waals surface area contributed by atoms with Gasteiger partial charge in [0, 0.05) is 32.1 Å². The van der Waals surface area contributed by atoms with Gasteiger partial charge in [-0.05, 0) is 37.1 Å². The Labute approximate surface area is 182 Å². The lowest BCUT2D eigenvalue weighted by Crippen LogP contribution is -2.40. The van der Waals surface area contributed by atoms with Crippen LogP contribution < -0.4 is 5.32 Å². The predicted octanol–water partition coefficient (Wildman–Crippen LogP) is 2.81. The number of aromatic nitrogens is 3. The van der Waals surface area contributed by atoms with Crippen molar-refractivity contribution in [1.29, 1.82) is 0 Å². The number of hydrogen-bond acceptors (Lipinski definition) is 5. The van der Waals surface area contributed by atoms with Crippen molar-refractivity contribution in [3.8, 4) is 0 Å². The van der Waals surface area contributed by atoms with Crippen molar-refractivity contribution in [2.24, 2.45) is 18.0 Å². The van der Waals surface area contributed by atoms with Gasteiger partial charge in [0.25, 0.3) is 0 Å². The molecule has 0 unspecified atom stereocenters. The molecule has 2 aromatic rings. The molecular weight excluding hydrogens is 475 g/mol. The summed E-state index contributed by atoms with van der Waals surface area (Å²) in [5.74, 6) is 3.40. The predicted molar refractivity (Wildman–Crippen MR) is 120 cm³/mol. The van der Waals surface area contributed by atoms with Crippen LogP contribution >= 0.6 is 35.3 Å². The van der Waals surface area contributed by atoms with Crippen LogP contribution in [0.1, 0.15) is 29.4 Å². The lowest BCUT2D eigenvalue weighted by atomic mass is 10.4. The van der Waals surface area contributed by atoms with E-state index in [-0.39, 0.29) is 24.0 Å². The van der Waals surface area contributed by atoms with Crippen LogP contribution in [-0.2, 0) is 24.9 Å². The highest BCUT2D eigenvalue weighted by Crippen LogP contribution is 2.28. The molecule has 9 heteroatoms. The van der Waals surface area contributed by atoms with Gasteiger partial charge in [0.1, 0.15) is 12.4 Å². The molecular formula is C18H29IN6OS. The van der Waals surface area contributed by atoms with Gasteiger partial charge in [0.2, 0.25) is 0 Å². The molecule has 1 saturated carbocycles. The summed E-state index contributed by atoms with van der Waals surface area (Å²) in [6.45, 7) is 5.62. The normalized spacial score (nSPS) is 14.1. The number of thiophene rings is 1. The third kappa shape index (κ3) is 7.04. The van der Waals surface area contributed by atoms with E-state index < -0.39 is 0 Å². The Morgan fingerprint density at radius 1 is 1.44 bits per heavy atom. The number of nitrogens with zero attached hydrogens (tertiary/aromatic N) is 5. The van der Waals surface area contributed by atoms with Crippen LogP contribution in [0.4, 0.5) is 0 Å². The van der Waals surface area contributed by atoms with Gasteiger partial charge in [-0.25, -0.2) is 4.99 Å². The number of guanidine groups is 1. The second kappa shape index (κ2) is 11.0. The number of hydrogen-bond donors (Lipinski definition) is 1. The lowest BCUT2D eigenvalue weighted by Gasteiger charge is -2.22. The zero-order valence-electron chi connectivity index (χ0n) is 16.2. The first kappa shape index (κ1) is 22.1. The number of likely N-dealkylation sites (N-methyl/N-ethyl adjacent to an activating group) is 1. The molecule has 0 aromatic carbocycles. The van der Waals surface area contributed by atoms with Gasteiger partial charge >= 0.3 is 0 Å². The van der Waals surface area contributed by atoms with Gasteiger partial charge in [-0.2, -0.15) is 0 Å². The summed E-state index contributed by atoms with van der Waals surface area (Å²) in [4.78, 5) is 8.15. The average Bonchev–Trinajstić information content (AvgIpc) is 3.21. The third-order valence-corrected chi connectivity index (χ3v) is 5.41. The molecule has 0 radical (unpaired) electrons. The van der Waals surface area contributed by atoms with Gasteiger partial charge < -0.3 is 19.5 Å². The summed E-state index contributed by atoms with van der Waals surface area (Å²) in [5, 5.41) is 13.8. The maximum absolute atomic E-state index is 5.77. The fraction of sp³-hybridized carbons (Fsp3) is 0.611. The van der Waals surface area contributed by atoms with Crippen LogP contribution in [0.3, 0.4) is 0 Å². The van der Waals surface area contributed by atoms with Crippen LogP contribution in [0.15, 0.2) is 22.5 Å². The number of ether oxygens (including phenoxy) is 1. The van der Waals surface area contributed by atoms with Crippen molar-refractivity contribution < 1.29 is 4.74 Å². The molecule has 0 aliphatic heterocycles. The van der Waals surface area contributed by atoms with Crippen LogP contribution in [0.2, 0.25) is 0 Å². The number of rotatable bonds is 9. The van der Waals surface area contributed by atoms with E-state index >= 15 is 0 Å². The number of halogens is 1. The highest BCUT2D eigenvalue weighted by molar-refractivity contribution is 14.0. The van der Waals surface area contributed by atoms with Crippen LogP contribution in [0.25, 0.3) is 0 Å². The first-order chi connectivity index (χ1) is 12.6. The molecule has 3 rings (SSSR count). The molecule has 1 aliphatic rings. The molecule has 2 heterocycles. The molecule has 7 nitrogen and oxygen atoms in total. The summed E-state index contributed by atoms with van der Waals surface area (Å²) >= 11 is 1.74. The zero-order valence-corrected chi connectivity index (χ0v) is 19.4. The number of nitrogens with one attached hydrogen (secondary N) is 1. The van der Waals surface area contributed by atoms with Gasteiger partial charge in [-0.3, -0.25) is 0 Å². The second-order valence-electron chi connectivity index (χ2n) is 6.74. The molecule has 1 aliphatic carbocycles. The SMILES string of the molecule is Cc1nnc(CN=C(NCc2cccs2)N(C)CCOCC2CC2)n1C.I. The summed E-state index contributed by atoms with van der Waals surface area (Å²) in [5.41, 5.74) is 0. The largest absolute Gasteiger partial charge is 0.379 e. The fourth-order valence-electron chi connectivity index (χ4n) is 2.47. The minimum absolute atomic E-state index is 0. The molecule has 1 N–H and O–H groups in total. The van der Waals surface area contributed by atoms with Crippen molar-refractivity contribution in [2.45, 2.75) is 32.9 Å². The van der Waals surface area contributed by atoms with Crippen LogP contribution in [0.5, 0.6) is 0 Å². The summed E-state index contributed by atoms with van der Waals surface area (Å²) in [7, 11) is 4.01. The summed E-state index contributed by atoms with van der Waals surface area (Å²) < 4.78 is 7.74. The molecule has 0 amide bonds. The topological polar surface area (TPSA) is 67.6 Å². The molecule has 0 spiro atoms. The fourth-order valence-corrected chi connectivity index (χ4v) is 3.11. The molecule has 0 saturated heterocycles. The van der Waals surface area contributed by atoms with Crippen molar-refractivity contribution in [3.05, 3.63) is 34.0 Å². The van der Waals surface area contributed by atoms with Crippen molar-refractivity contribution in [1.82, 2.24) is 25.0 Å². The first-order valence-electron chi connectivity index (χ1n) is 9.08. The van der Waals surface area contributed by atoms with Crippen molar-refractivity contribution >= 4 is 41.3 Å². The Morgan fingerprint density at radius 3 is 2.89 bits per heavy atom. The maximum Gasteiger partial charge on any atom is 0.194 e. The lowest BCUT2D eigenvalue weighted by molar-refractivity contribution is 0.115. The van der Waals surface area contributed by atoms with Gasteiger partial charge in [-0.1, -0.05) is 6.07 Å². The number of aryl methyl sites for hydroxylation is 1. The Kier molecular flexibility index (Phi) is 8.97. The molecule has 0 atom stereocenters. The maximum atomic E-state index is 5.77. The zero-order chi connectivity index (χ0) is 18.4. The second-order valence-corrected chi connectivity index (χ2v) is 7.77. The molecule has 150 valence electrons. The Hall–Kier alpha value is -1.20. The van der Waals surface area contributed by atoms with Crippen molar-refractivity contribution in [3.63, 3.8) is 0 Å². The van der Waals surface area contributed by atoms with Crippen molar-refractivity contribution in [2.75, 3.05) is 26.8 Å². The van der Waals surface area contributed by atoms with E-state index in [2.05, 4.69) is 37.9 Å². The van der Waals surface area contributed by atoms with E-state index in [0.717, 1.165) is 49.8 Å². The summed E-state index contributed by atoms with van der Waals surface area (Å²) in [6.07, 6.45) is 2.64. The van der Waals surface area contributed by atoms with Crippen LogP contribution in [0, 0.1) is 12.8 Å². The summed E-state index contributed by atoms with van der Waals surface area (Å²) in [6, 6.07) is 4.19. The van der Waals surface area contributed by atoms with Gasteiger partial charge in [0.15, 0.2) is 11.8 Å². The minimum Gasteiger partial charge on any atom is -0.379 e. The molecule has 1 fully saturated rings. The molecule has 27 heavy (non-hydrogen) atoms. The van der Waals surface area contributed by atoms with E-state index in [0.29, 0.717) is 6.54 Å². The highest BCUT2D eigenvalue weighted by atomic mass is 127. The van der Waals surface area contributed by atoms with E-state index in [1.807, 2.05) is 25.6 Å². The molecule has 2 aromatic heterocycles. The monoisotopic (exact) mass is 504 g/mol. The Balaban J connectivity index is 0.00000261. The third-order valence-electron chi connectivity index (χ3n) is 4.54. The highest BCUT2D eigenvalue weighted by Gasteiger charge is 2.21. The van der Waals surface area contributed by atoms with E-state index in [1.54, 1.807) is 11.3 Å². The van der Waals surface area contributed by atoms with Gasteiger partial charge in [-0.15, -0.1) is 45.5 Å². The van der Waals surface area contributed by atoms with Crippen LogP contribution in [-0.4, -0.2) is 52.4 Å². The molecule has 0 bridgehead atoms. The first-order valence-corrected chi connectivity index (χ1v) is 9.96. The Morgan fingerprint density at radius 2 is 2.26 bits per heavy atom. The average molecular weight is 504 g/mol. The van der Waals surface area contributed by atoms with E-state index in [4.69, 9.17) is 9.73 Å². The number of aliphatic imine (C=N–C) groups is 1. The van der Waals surface area contributed by atoms with Gasteiger partial charge in [0.05, 0.1) is 13.2 Å². The standard InChI is InChI=1S/C18H28N6OS.HI/c1-14-21-22-17(24(14)3)12-20-18(19-11-16-5-4-10-26-16)23(2)8-9-25-13-15-6-7-15;/h4-5,10,15H,6-9,11-13H2,1-3H3,(H,19,20);1H. The smallest absolute Gasteiger partial charge is 0.194 e. The minimum atomic E-state index is 0. The Bertz CT molecular complexity index is 714.